The highest BCUT2D eigenvalue weighted by molar-refractivity contribution is 7.90. The molecule has 0 bridgehead atoms. The molecular weight excluding hydrogens is 472 g/mol. The van der Waals surface area contributed by atoms with Gasteiger partial charge in [0.25, 0.3) is 5.91 Å². The number of benzene rings is 3. The molecule has 1 amide bonds. The van der Waals surface area contributed by atoms with Crippen LogP contribution in [0.4, 0.5) is 5.69 Å². The van der Waals surface area contributed by atoms with Gasteiger partial charge in [-0.15, -0.1) is 0 Å². The van der Waals surface area contributed by atoms with Gasteiger partial charge in [0.05, 0.1) is 11.0 Å². The number of halogens is 1. The normalized spacial score (nSPS) is 11.1. The minimum absolute atomic E-state index is 0.153. The third-order valence-corrected chi connectivity index (χ3v) is 6.49. The summed E-state index contributed by atoms with van der Waals surface area (Å²) in [6.45, 7) is -0.153. The van der Waals surface area contributed by atoms with Crippen LogP contribution in [0.1, 0.15) is 10.5 Å². The predicted molar refractivity (Wildman–Crippen MR) is 131 cm³/mol. The molecule has 0 saturated heterocycles. The fourth-order valence-corrected chi connectivity index (χ4v) is 4.29. The molecule has 3 aromatic carbocycles. The van der Waals surface area contributed by atoms with Crippen LogP contribution in [0.25, 0.3) is 22.4 Å². The number of carbonyl (C=O) groups excluding carboxylic acids is 1. The molecule has 4 rings (SSSR count). The number of nitrogens with one attached hydrogen (secondary N) is 1. The second kappa shape index (κ2) is 9.51. The summed E-state index contributed by atoms with van der Waals surface area (Å²) in [6.07, 6.45) is 1.13. The molecule has 34 heavy (non-hydrogen) atoms. The van der Waals surface area contributed by atoms with Crippen molar-refractivity contribution >= 4 is 33.0 Å². The lowest BCUT2D eigenvalue weighted by Gasteiger charge is -2.10. The van der Waals surface area contributed by atoms with Crippen molar-refractivity contribution in [2.24, 2.45) is 0 Å². The minimum Gasteiger partial charge on any atom is -0.321 e. The number of nitriles is 1. The summed E-state index contributed by atoms with van der Waals surface area (Å²) in [5.74, 6) is -0.432. The molecule has 0 aliphatic rings. The Hall–Kier alpha value is -3.93. The van der Waals surface area contributed by atoms with E-state index in [0.717, 1.165) is 6.26 Å². The number of aromatic nitrogens is 2. The monoisotopic (exact) mass is 490 g/mol. The van der Waals surface area contributed by atoms with Crippen molar-refractivity contribution in [1.82, 2.24) is 9.78 Å². The number of rotatable bonds is 6. The van der Waals surface area contributed by atoms with Gasteiger partial charge in [0.1, 0.15) is 17.9 Å². The average Bonchev–Trinajstić information content (AvgIpc) is 3.19. The molecule has 1 aromatic heterocycles. The molecule has 1 N–H and O–H groups in total. The van der Waals surface area contributed by atoms with Crippen LogP contribution in [-0.4, -0.2) is 30.4 Å². The van der Waals surface area contributed by atoms with Gasteiger partial charge in [0.2, 0.25) is 0 Å². The summed E-state index contributed by atoms with van der Waals surface area (Å²) in [4.78, 5) is 13.6. The number of anilines is 1. The Balaban J connectivity index is 1.92. The zero-order chi connectivity index (χ0) is 24.3. The van der Waals surface area contributed by atoms with E-state index in [2.05, 4.69) is 10.4 Å². The first-order chi connectivity index (χ1) is 16.3. The van der Waals surface area contributed by atoms with E-state index in [-0.39, 0.29) is 17.1 Å². The molecule has 1 heterocycles. The van der Waals surface area contributed by atoms with Crippen molar-refractivity contribution in [2.75, 3.05) is 11.6 Å². The molecule has 0 unspecified atom stereocenters. The quantitative estimate of drug-likeness (QED) is 0.407. The van der Waals surface area contributed by atoms with E-state index in [0.29, 0.717) is 33.1 Å². The predicted octanol–water partition coefficient (Wildman–Crippen LogP) is 5.05. The number of hydrogen-bond acceptors (Lipinski definition) is 5. The minimum atomic E-state index is -3.38. The van der Waals surface area contributed by atoms with Crippen LogP contribution < -0.4 is 5.32 Å². The van der Waals surface area contributed by atoms with Crippen LogP contribution in [0.3, 0.4) is 0 Å². The van der Waals surface area contributed by atoms with Crippen molar-refractivity contribution in [1.29, 1.82) is 5.26 Å². The molecule has 9 heteroatoms. The Morgan fingerprint density at radius 1 is 1.00 bits per heavy atom. The van der Waals surface area contributed by atoms with E-state index < -0.39 is 15.7 Å². The van der Waals surface area contributed by atoms with Gasteiger partial charge in [-0.2, -0.15) is 10.4 Å². The topological polar surface area (TPSA) is 105 Å². The van der Waals surface area contributed by atoms with Crippen LogP contribution in [-0.2, 0) is 16.4 Å². The summed E-state index contributed by atoms with van der Waals surface area (Å²) < 4.78 is 25.1. The number of hydrogen-bond donors (Lipinski definition) is 1. The Labute approximate surface area is 202 Å². The molecule has 0 aliphatic heterocycles. The Morgan fingerprint density at radius 3 is 2.21 bits per heavy atom. The van der Waals surface area contributed by atoms with Crippen LogP contribution in [0.15, 0.2) is 83.8 Å². The van der Waals surface area contributed by atoms with E-state index in [1.54, 1.807) is 60.7 Å². The van der Waals surface area contributed by atoms with Crippen LogP contribution in [0.5, 0.6) is 0 Å². The molecule has 0 atom stereocenters. The highest BCUT2D eigenvalue weighted by atomic mass is 35.5. The van der Waals surface area contributed by atoms with E-state index in [1.165, 1.54) is 16.8 Å². The molecular formula is C25H19ClN4O3S. The van der Waals surface area contributed by atoms with Crippen molar-refractivity contribution in [3.05, 3.63) is 89.6 Å². The highest BCUT2D eigenvalue weighted by Crippen LogP contribution is 2.36. The maximum Gasteiger partial charge on any atom is 0.274 e. The third-order valence-electron chi connectivity index (χ3n) is 5.11. The Bertz CT molecular complexity index is 1490. The lowest BCUT2D eigenvalue weighted by atomic mass is 9.98. The van der Waals surface area contributed by atoms with E-state index in [9.17, 15) is 18.5 Å². The summed E-state index contributed by atoms with van der Waals surface area (Å²) in [5, 5.41) is 17.4. The summed E-state index contributed by atoms with van der Waals surface area (Å²) >= 11 is 6.08. The van der Waals surface area contributed by atoms with Gasteiger partial charge in [-0.3, -0.25) is 4.79 Å². The first kappa shape index (κ1) is 23.2. The number of para-hydroxylation sites is 1. The first-order valence-electron chi connectivity index (χ1n) is 10.2. The standard InChI is InChI=1S/C25H19ClN4O3S/c1-34(32,33)21-13-9-18(10-14-21)23-22(17-7-11-19(26)12-8-17)24(30(29-23)16-15-27)25(31)28-20-5-3-2-4-6-20/h2-14H,16H2,1H3,(H,28,31). The van der Waals surface area contributed by atoms with Gasteiger partial charge in [-0.25, -0.2) is 13.1 Å². The van der Waals surface area contributed by atoms with Gasteiger partial charge in [-0.05, 0) is 42.0 Å². The fraction of sp³-hybridized carbons (Fsp3) is 0.0800. The first-order valence-corrected chi connectivity index (χ1v) is 12.5. The highest BCUT2D eigenvalue weighted by Gasteiger charge is 2.26. The van der Waals surface area contributed by atoms with Crippen molar-refractivity contribution < 1.29 is 13.2 Å². The average molecular weight is 491 g/mol. The van der Waals surface area contributed by atoms with Gasteiger partial charge in [0, 0.05) is 28.1 Å². The van der Waals surface area contributed by atoms with Gasteiger partial charge in [0.15, 0.2) is 9.84 Å². The molecule has 0 saturated carbocycles. The van der Waals surface area contributed by atoms with E-state index in [4.69, 9.17) is 11.6 Å². The number of sulfone groups is 1. The van der Waals surface area contributed by atoms with Crippen molar-refractivity contribution in [3.63, 3.8) is 0 Å². The van der Waals surface area contributed by atoms with E-state index >= 15 is 0 Å². The number of nitrogens with zero attached hydrogens (tertiary/aromatic N) is 3. The zero-order valence-electron chi connectivity index (χ0n) is 18.1. The largest absolute Gasteiger partial charge is 0.321 e. The van der Waals surface area contributed by atoms with Gasteiger partial charge in [-0.1, -0.05) is 54.1 Å². The summed E-state index contributed by atoms with van der Waals surface area (Å²) in [7, 11) is -3.38. The molecule has 4 aromatic rings. The smallest absolute Gasteiger partial charge is 0.274 e. The maximum atomic E-state index is 13.4. The summed E-state index contributed by atoms with van der Waals surface area (Å²) in [5.41, 5.74) is 3.02. The molecule has 0 fully saturated rings. The van der Waals surface area contributed by atoms with E-state index in [1.807, 2.05) is 12.1 Å². The second-order valence-electron chi connectivity index (χ2n) is 7.51. The molecule has 7 nitrogen and oxygen atoms in total. The third kappa shape index (κ3) is 4.86. The zero-order valence-corrected chi connectivity index (χ0v) is 19.6. The number of carbonyl (C=O) groups is 1. The molecule has 0 radical (unpaired) electrons. The molecule has 0 spiro atoms. The fourth-order valence-electron chi connectivity index (χ4n) is 3.54. The summed E-state index contributed by atoms with van der Waals surface area (Å²) in [6, 6.07) is 24.2. The number of amides is 1. The lowest BCUT2D eigenvalue weighted by Crippen LogP contribution is -2.18. The van der Waals surface area contributed by atoms with Crippen molar-refractivity contribution in [2.45, 2.75) is 11.4 Å². The van der Waals surface area contributed by atoms with Gasteiger partial charge < -0.3 is 5.32 Å². The van der Waals surface area contributed by atoms with Crippen LogP contribution in [0.2, 0.25) is 5.02 Å². The van der Waals surface area contributed by atoms with Crippen molar-refractivity contribution in [3.8, 4) is 28.5 Å². The molecule has 170 valence electrons. The Morgan fingerprint density at radius 2 is 1.62 bits per heavy atom. The maximum absolute atomic E-state index is 13.4. The lowest BCUT2D eigenvalue weighted by molar-refractivity contribution is 0.101. The Kier molecular flexibility index (Phi) is 6.50. The second-order valence-corrected chi connectivity index (χ2v) is 9.96. The van der Waals surface area contributed by atoms with Crippen LogP contribution >= 0.6 is 11.6 Å². The molecule has 0 aliphatic carbocycles. The van der Waals surface area contributed by atoms with Gasteiger partial charge >= 0.3 is 0 Å². The van der Waals surface area contributed by atoms with Crippen LogP contribution in [0, 0.1) is 11.3 Å². The SMILES string of the molecule is CS(=O)(=O)c1ccc(-c2nn(CC#N)c(C(=O)Nc3ccccc3)c2-c2ccc(Cl)cc2)cc1.